The number of hydrogen-bond acceptors (Lipinski definition) is 2. The summed E-state index contributed by atoms with van der Waals surface area (Å²) in [5, 5.41) is 0. The van der Waals surface area contributed by atoms with Gasteiger partial charge in [0.25, 0.3) is 0 Å². The molecule has 1 atom stereocenters. The zero-order chi connectivity index (χ0) is 13.8. The highest BCUT2D eigenvalue weighted by Gasteiger charge is 2.23. The standard InChI is InChI=1S/C18H27NO/c19-18(13-14-5-3-1-2-4-6-14)15-7-9-16(10-8-15)20-17-11-12-17/h7-10,14,17-18H,1-6,11-13,19H2. The lowest BCUT2D eigenvalue weighted by molar-refractivity contribution is 0.303. The van der Waals surface area contributed by atoms with Gasteiger partial charge in [-0.15, -0.1) is 0 Å². The molecule has 0 bridgehead atoms. The minimum atomic E-state index is 0.188. The van der Waals surface area contributed by atoms with Gasteiger partial charge in [0.1, 0.15) is 5.75 Å². The summed E-state index contributed by atoms with van der Waals surface area (Å²) in [4.78, 5) is 0. The maximum atomic E-state index is 6.40. The third-order valence-electron chi connectivity index (χ3n) is 4.70. The van der Waals surface area contributed by atoms with E-state index in [1.165, 1.54) is 56.9 Å². The van der Waals surface area contributed by atoms with Crippen molar-refractivity contribution in [2.75, 3.05) is 0 Å². The molecule has 0 saturated heterocycles. The van der Waals surface area contributed by atoms with Gasteiger partial charge in [0.05, 0.1) is 6.10 Å². The second-order valence-electron chi connectivity index (χ2n) is 6.59. The lowest BCUT2D eigenvalue weighted by Crippen LogP contribution is -2.15. The Kier molecular flexibility index (Phi) is 4.62. The van der Waals surface area contributed by atoms with E-state index in [0.717, 1.165) is 18.1 Å². The molecule has 1 aromatic carbocycles. The van der Waals surface area contributed by atoms with Gasteiger partial charge in [0.15, 0.2) is 0 Å². The average Bonchev–Trinajstić information content (AvgIpc) is 3.27. The van der Waals surface area contributed by atoms with E-state index in [4.69, 9.17) is 10.5 Å². The largest absolute Gasteiger partial charge is 0.490 e. The molecule has 3 rings (SSSR count). The number of nitrogens with two attached hydrogens (primary N) is 1. The maximum Gasteiger partial charge on any atom is 0.119 e. The van der Waals surface area contributed by atoms with Crippen LogP contribution in [0.15, 0.2) is 24.3 Å². The van der Waals surface area contributed by atoms with Crippen molar-refractivity contribution in [3.8, 4) is 5.75 Å². The first-order chi connectivity index (χ1) is 9.81. The van der Waals surface area contributed by atoms with Crippen LogP contribution in [-0.4, -0.2) is 6.10 Å². The SMILES string of the molecule is NC(CC1CCCCCC1)c1ccc(OC2CC2)cc1. The Morgan fingerprint density at radius 2 is 1.60 bits per heavy atom. The monoisotopic (exact) mass is 273 g/mol. The van der Waals surface area contributed by atoms with Crippen molar-refractivity contribution in [3.05, 3.63) is 29.8 Å². The van der Waals surface area contributed by atoms with E-state index in [2.05, 4.69) is 24.3 Å². The van der Waals surface area contributed by atoms with Crippen LogP contribution in [-0.2, 0) is 0 Å². The fraction of sp³-hybridized carbons (Fsp3) is 0.667. The van der Waals surface area contributed by atoms with Gasteiger partial charge in [-0.2, -0.15) is 0 Å². The molecule has 2 aliphatic rings. The molecule has 2 aliphatic carbocycles. The molecule has 0 heterocycles. The molecule has 2 nitrogen and oxygen atoms in total. The Bertz CT molecular complexity index is 402. The number of benzene rings is 1. The van der Waals surface area contributed by atoms with Crippen LogP contribution in [0.5, 0.6) is 5.75 Å². The van der Waals surface area contributed by atoms with E-state index >= 15 is 0 Å². The van der Waals surface area contributed by atoms with E-state index in [1.807, 2.05) is 0 Å². The van der Waals surface area contributed by atoms with Crippen LogP contribution >= 0.6 is 0 Å². The van der Waals surface area contributed by atoms with Crippen LogP contribution < -0.4 is 10.5 Å². The predicted molar refractivity (Wildman–Crippen MR) is 82.8 cm³/mol. The second-order valence-corrected chi connectivity index (χ2v) is 6.59. The van der Waals surface area contributed by atoms with Crippen molar-refractivity contribution in [2.24, 2.45) is 11.7 Å². The Morgan fingerprint density at radius 3 is 2.20 bits per heavy atom. The second kappa shape index (κ2) is 6.62. The van der Waals surface area contributed by atoms with Gasteiger partial charge >= 0.3 is 0 Å². The van der Waals surface area contributed by atoms with Crippen LogP contribution in [0.3, 0.4) is 0 Å². The highest BCUT2D eigenvalue weighted by atomic mass is 16.5. The van der Waals surface area contributed by atoms with E-state index in [1.54, 1.807) is 0 Å². The molecule has 2 heteroatoms. The fourth-order valence-corrected chi connectivity index (χ4v) is 3.27. The summed E-state index contributed by atoms with van der Waals surface area (Å²) in [5.74, 6) is 1.83. The zero-order valence-corrected chi connectivity index (χ0v) is 12.4. The summed E-state index contributed by atoms with van der Waals surface area (Å²) in [6, 6.07) is 8.66. The van der Waals surface area contributed by atoms with Gasteiger partial charge in [-0.05, 0) is 42.9 Å². The van der Waals surface area contributed by atoms with Gasteiger partial charge in [-0.3, -0.25) is 0 Å². The number of ether oxygens (including phenoxy) is 1. The average molecular weight is 273 g/mol. The van der Waals surface area contributed by atoms with Crippen molar-refractivity contribution in [2.45, 2.75) is 69.9 Å². The van der Waals surface area contributed by atoms with Gasteiger partial charge in [0, 0.05) is 6.04 Å². The first-order valence-electron chi connectivity index (χ1n) is 8.33. The molecule has 0 aliphatic heterocycles. The van der Waals surface area contributed by atoms with Crippen LogP contribution in [0.2, 0.25) is 0 Å². The topological polar surface area (TPSA) is 35.2 Å². The number of rotatable bonds is 5. The summed E-state index contributed by atoms with van der Waals surface area (Å²) in [5.41, 5.74) is 7.66. The Morgan fingerprint density at radius 1 is 0.950 bits per heavy atom. The van der Waals surface area contributed by atoms with E-state index in [-0.39, 0.29) is 6.04 Å². The number of hydrogen-bond donors (Lipinski definition) is 1. The highest BCUT2D eigenvalue weighted by molar-refractivity contribution is 5.29. The molecule has 20 heavy (non-hydrogen) atoms. The summed E-state index contributed by atoms with van der Waals surface area (Å²) < 4.78 is 5.79. The third kappa shape index (κ3) is 3.99. The molecule has 1 aromatic rings. The fourth-order valence-electron chi connectivity index (χ4n) is 3.27. The molecule has 0 spiro atoms. The normalized spacial score (nSPS) is 22.2. The lowest BCUT2D eigenvalue weighted by atomic mass is 9.90. The van der Waals surface area contributed by atoms with Crippen LogP contribution in [0.25, 0.3) is 0 Å². The quantitative estimate of drug-likeness (QED) is 0.796. The molecule has 0 amide bonds. The first kappa shape index (κ1) is 13.9. The van der Waals surface area contributed by atoms with Crippen molar-refractivity contribution in [1.29, 1.82) is 0 Å². The molecule has 110 valence electrons. The van der Waals surface area contributed by atoms with E-state index < -0.39 is 0 Å². The van der Waals surface area contributed by atoms with E-state index in [9.17, 15) is 0 Å². The Labute approximate surface area is 122 Å². The van der Waals surface area contributed by atoms with Gasteiger partial charge < -0.3 is 10.5 Å². The summed E-state index contributed by atoms with van der Waals surface area (Å²) in [6.07, 6.45) is 12.4. The van der Waals surface area contributed by atoms with Crippen LogP contribution in [0.1, 0.15) is 69.4 Å². The molecule has 0 radical (unpaired) electrons. The Balaban J connectivity index is 1.53. The van der Waals surface area contributed by atoms with E-state index in [0.29, 0.717) is 6.10 Å². The zero-order valence-electron chi connectivity index (χ0n) is 12.4. The summed E-state index contributed by atoms with van der Waals surface area (Å²) >= 11 is 0. The molecule has 2 fully saturated rings. The smallest absolute Gasteiger partial charge is 0.119 e. The molecule has 2 saturated carbocycles. The highest BCUT2D eigenvalue weighted by Crippen LogP contribution is 2.31. The van der Waals surface area contributed by atoms with Crippen LogP contribution in [0, 0.1) is 5.92 Å². The molecule has 0 aromatic heterocycles. The van der Waals surface area contributed by atoms with Crippen molar-refractivity contribution < 1.29 is 4.74 Å². The first-order valence-corrected chi connectivity index (χ1v) is 8.33. The van der Waals surface area contributed by atoms with Crippen molar-refractivity contribution >= 4 is 0 Å². The van der Waals surface area contributed by atoms with Crippen LogP contribution in [0.4, 0.5) is 0 Å². The molecule has 2 N–H and O–H groups in total. The van der Waals surface area contributed by atoms with Gasteiger partial charge in [-0.1, -0.05) is 50.7 Å². The van der Waals surface area contributed by atoms with Crippen molar-refractivity contribution in [1.82, 2.24) is 0 Å². The molecular formula is C18H27NO. The van der Waals surface area contributed by atoms with Gasteiger partial charge in [0.2, 0.25) is 0 Å². The minimum absolute atomic E-state index is 0.188. The molecular weight excluding hydrogens is 246 g/mol. The lowest BCUT2D eigenvalue weighted by Gasteiger charge is -2.20. The molecule has 1 unspecified atom stereocenters. The predicted octanol–water partition coefficient (Wildman–Crippen LogP) is 4.59. The Hall–Kier alpha value is -1.02. The third-order valence-corrected chi connectivity index (χ3v) is 4.70. The minimum Gasteiger partial charge on any atom is -0.490 e. The summed E-state index contributed by atoms with van der Waals surface area (Å²) in [7, 11) is 0. The summed E-state index contributed by atoms with van der Waals surface area (Å²) in [6.45, 7) is 0. The maximum absolute atomic E-state index is 6.40. The van der Waals surface area contributed by atoms with Crippen molar-refractivity contribution in [3.63, 3.8) is 0 Å². The van der Waals surface area contributed by atoms with Gasteiger partial charge in [-0.25, -0.2) is 0 Å².